The zero-order valence-electron chi connectivity index (χ0n) is 5.50. The molecule has 50 valence electrons. The maximum atomic E-state index is 8.54. The molecule has 0 N–H and O–H groups in total. The quantitative estimate of drug-likeness (QED) is 0.617. The van der Waals surface area contributed by atoms with Crippen LogP contribution in [0.4, 0.5) is 0 Å². The van der Waals surface area contributed by atoms with Gasteiger partial charge in [0.05, 0.1) is 0 Å². The van der Waals surface area contributed by atoms with Crippen LogP contribution in [0, 0.1) is 18.3 Å². The molecule has 3 heteroatoms. The minimum atomic E-state index is 0.611. The summed E-state index contributed by atoms with van der Waals surface area (Å²) in [6.45, 7) is 1.93. The molecule has 2 nitrogen and oxygen atoms in total. The van der Waals surface area contributed by atoms with E-state index in [4.69, 9.17) is 5.26 Å². The van der Waals surface area contributed by atoms with E-state index < -0.39 is 0 Å². The summed E-state index contributed by atoms with van der Waals surface area (Å²) in [6.07, 6.45) is 0. The van der Waals surface area contributed by atoms with E-state index in [1.165, 1.54) is 0 Å². The highest BCUT2D eigenvalue weighted by atomic mass is 79.9. The summed E-state index contributed by atoms with van der Waals surface area (Å²) in [5, 5.41) is 8.54. The number of nitriles is 1. The molecule has 0 aromatic carbocycles. The zero-order valence-corrected chi connectivity index (χ0v) is 7.09. The maximum Gasteiger partial charge on any atom is 0.333 e. The minimum Gasteiger partial charge on any atom is -0.186 e. The number of halogens is 1. The van der Waals surface area contributed by atoms with E-state index in [1.54, 1.807) is 9.66 Å². The van der Waals surface area contributed by atoms with Gasteiger partial charge in [0, 0.05) is 19.1 Å². The van der Waals surface area contributed by atoms with E-state index in [1.807, 2.05) is 19.1 Å². The first-order valence-electron chi connectivity index (χ1n) is 2.83. The summed E-state index contributed by atoms with van der Waals surface area (Å²) >= 11 is 3.23. The molecule has 0 aliphatic rings. The minimum absolute atomic E-state index is 0.611. The Morgan fingerprint density at radius 3 is 2.80 bits per heavy atom. The van der Waals surface area contributed by atoms with Gasteiger partial charge in [-0.15, -0.1) is 3.59 Å². The molecule has 0 radical (unpaired) electrons. The van der Waals surface area contributed by atoms with Gasteiger partial charge in [0.1, 0.15) is 0 Å². The van der Waals surface area contributed by atoms with Crippen molar-refractivity contribution in [3.8, 4) is 6.07 Å². The Bertz CT molecular complexity index is 288. The second-order valence-corrected chi connectivity index (χ2v) is 2.65. The lowest BCUT2D eigenvalue weighted by molar-refractivity contribution is -0.485. The van der Waals surface area contributed by atoms with Crippen molar-refractivity contribution in [2.24, 2.45) is 0 Å². The van der Waals surface area contributed by atoms with E-state index in [9.17, 15) is 0 Å². The Kier molecular flexibility index (Phi) is 2.03. The number of aromatic nitrogens is 1. The van der Waals surface area contributed by atoms with Gasteiger partial charge in [0.25, 0.3) is 5.69 Å². The Labute approximate surface area is 68.1 Å². The molecule has 1 heterocycles. The highest BCUT2D eigenvalue weighted by molar-refractivity contribution is 9.04. The number of nitrogens with zero attached hydrogens (tertiary/aromatic N) is 2. The fraction of sp³-hybridized carbons (Fsp3) is 0.143. The standard InChI is InChI=1S/C7H6BrN2/c1-6-3-2-4-7(5-9)10(6)8/h2-4H,1H3/q+1. The average molecular weight is 198 g/mol. The topological polar surface area (TPSA) is 27.7 Å². The van der Waals surface area contributed by atoms with Crippen molar-refractivity contribution in [2.45, 2.75) is 6.92 Å². The first-order valence-corrected chi connectivity index (χ1v) is 3.54. The largest absolute Gasteiger partial charge is 0.333 e. The smallest absolute Gasteiger partial charge is 0.186 e. The molecule has 0 bridgehead atoms. The van der Waals surface area contributed by atoms with E-state index in [-0.39, 0.29) is 0 Å². The third-order valence-corrected chi connectivity index (χ3v) is 2.17. The van der Waals surface area contributed by atoms with Gasteiger partial charge in [0.2, 0.25) is 0 Å². The van der Waals surface area contributed by atoms with Crippen LogP contribution in [0.1, 0.15) is 11.4 Å². The fourth-order valence-electron chi connectivity index (χ4n) is 0.681. The van der Waals surface area contributed by atoms with E-state index in [0.717, 1.165) is 5.69 Å². The van der Waals surface area contributed by atoms with Crippen molar-refractivity contribution >= 4 is 16.1 Å². The van der Waals surface area contributed by atoms with Crippen molar-refractivity contribution in [1.29, 1.82) is 5.26 Å². The van der Waals surface area contributed by atoms with Crippen LogP contribution >= 0.6 is 16.1 Å². The molecule has 0 aliphatic heterocycles. The lowest BCUT2D eigenvalue weighted by Gasteiger charge is -1.88. The molecule has 0 aliphatic carbocycles. The van der Waals surface area contributed by atoms with Crippen molar-refractivity contribution in [3.63, 3.8) is 0 Å². The van der Waals surface area contributed by atoms with Crippen LogP contribution in [0.5, 0.6) is 0 Å². The number of rotatable bonds is 0. The molecule has 0 saturated heterocycles. The summed E-state index contributed by atoms with van der Waals surface area (Å²) in [7, 11) is 0. The molecule has 0 spiro atoms. The summed E-state index contributed by atoms with van der Waals surface area (Å²) in [5.74, 6) is 0. The number of aryl methyl sites for hydroxylation is 1. The summed E-state index contributed by atoms with van der Waals surface area (Å²) in [5.41, 5.74) is 1.62. The van der Waals surface area contributed by atoms with Crippen LogP contribution in [0.2, 0.25) is 0 Å². The highest BCUT2D eigenvalue weighted by Crippen LogP contribution is 1.95. The molecular weight excluding hydrogens is 192 g/mol. The molecule has 1 rings (SSSR count). The highest BCUT2D eigenvalue weighted by Gasteiger charge is 2.08. The normalized spacial score (nSPS) is 8.90. The Hall–Kier alpha value is -0.880. The van der Waals surface area contributed by atoms with Gasteiger partial charge in [-0.25, -0.2) is 0 Å². The molecule has 0 amide bonds. The van der Waals surface area contributed by atoms with E-state index >= 15 is 0 Å². The van der Waals surface area contributed by atoms with Crippen molar-refractivity contribution in [1.82, 2.24) is 0 Å². The van der Waals surface area contributed by atoms with Crippen LogP contribution in [0.15, 0.2) is 18.2 Å². The first kappa shape index (κ1) is 7.23. The average Bonchev–Trinajstić information content (AvgIpc) is 1.95. The van der Waals surface area contributed by atoms with Crippen LogP contribution in [-0.2, 0) is 0 Å². The predicted octanol–water partition coefficient (Wildman–Crippen LogP) is 1.31. The third-order valence-electron chi connectivity index (χ3n) is 1.23. The van der Waals surface area contributed by atoms with Crippen molar-refractivity contribution < 1.29 is 3.59 Å². The molecule has 0 unspecified atom stereocenters. The second-order valence-electron chi connectivity index (χ2n) is 1.95. The van der Waals surface area contributed by atoms with Gasteiger partial charge < -0.3 is 0 Å². The van der Waals surface area contributed by atoms with Gasteiger partial charge in [-0.1, -0.05) is 0 Å². The summed E-state index contributed by atoms with van der Waals surface area (Å²) in [6, 6.07) is 7.58. The van der Waals surface area contributed by atoms with Crippen molar-refractivity contribution in [2.75, 3.05) is 0 Å². The third kappa shape index (κ3) is 1.17. The monoisotopic (exact) mass is 197 g/mol. The molecular formula is C7H6BrN2+. The Morgan fingerprint density at radius 1 is 1.60 bits per heavy atom. The number of hydrogen-bond acceptors (Lipinski definition) is 1. The lowest BCUT2D eigenvalue weighted by atomic mass is 10.3. The van der Waals surface area contributed by atoms with Gasteiger partial charge in [-0.3, -0.25) is 0 Å². The summed E-state index contributed by atoms with van der Waals surface area (Å²) in [4.78, 5) is 0. The van der Waals surface area contributed by atoms with Crippen LogP contribution < -0.4 is 3.59 Å². The SMILES string of the molecule is Cc1cccc(C#N)[n+]1Br. The van der Waals surface area contributed by atoms with Crippen molar-refractivity contribution in [3.05, 3.63) is 29.6 Å². The maximum absolute atomic E-state index is 8.54. The molecule has 1 aromatic rings. The molecule has 10 heavy (non-hydrogen) atoms. The summed E-state index contributed by atoms with van der Waals surface area (Å²) < 4.78 is 1.67. The lowest BCUT2D eigenvalue weighted by Crippen LogP contribution is -2.27. The van der Waals surface area contributed by atoms with Crippen LogP contribution in [0.25, 0.3) is 0 Å². The zero-order chi connectivity index (χ0) is 7.56. The van der Waals surface area contributed by atoms with Crippen LogP contribution in [-0.4, -0.2) is 0 Å². The van der Waals surface area contributed by atoms with Crippen LogP contribution in [0.3, 0.4) is 0 Å². The predicted molar refractivity (Wildman–Crippen MR) is 40.4 cm³/mol. The van der Waals surface area contributed by atoms with E-state index in [2.05, 4.69) is 22.2 Å². The molecule has 0 fully saturated rings. The second kappa shape index (κ2) is 2.80. The van der Waals surface area contributed by atoms with Gasteiger partial charge in [-0.05, 0) is 6.07 Å². The first-order chi connectivity index (χ1) is 4.75. The molecule has 1 aromatic heterocycles. The number of hydrogen-bond donors (Lipinski definition) is 0. The Balaban J connectivity index is 3.31. The Morgan fingerprint density at radius 2 is 2.30 bits per heavy atom. The molecule has 0 saturated carbocycles. The molecule has 0 atom stereocenters. The van der Waals surface area contributed by atoms with Gasteiger partial charge in [-0.2, -0.15) is 5.26 Å². The van der Waals surface area contributed by atoms with Gasteiger partial charge in [0.15, 0.2) is 11.8 Å². The van der Waals surface area contributed by atoms with Gasteiger partial charge >= 0.3 is 16.1 Å². The fourth-order valence-corrected chi connectivity index (χ4v) is 0.996. The number of pyridine rings is 1. The van der Waals surface area contributed by atoms with E-state index in [0.29, 0.717) is 5.69 Å².